The lowest BCUT2D eigenvalue weighted by Crippen LogP contribution is -2.36. The Morgan fingerprint density at radius 2 is 2.00 bits per heavy atom. The van der Waals surface area contributed by atoms with Gasteiger partial charge in [0.05, 0.1) is 0 Å². The number of nitrogens with zero attached hydrogens (tertiary/aromatic N) is 4. The molecule has 6 nitrogen and oxygen atoms in total. The highest BCUT2D eigenvalue weighted by Gasteiger charge is 2.25. The van der Waals surface area contributed by atoms with E-state index in [1.54, 1.807) is 6.20 Å². The number of piperidine rings is 1. The monoisotopic (exact) mass is 369 g/mol. The van der Waals surface area contributed by atoms with Gasteiger partial charge in [0.25, 0.3) is 0 Å². The summed E-state index contributed by atoms with van der Waals surface area (Å²) in [5.74, 6) is 2.62. The van der Waals surface area contributed by atoms with Gasteiger partial charge in [-0.15, -0.1) is 5.10 Å². The number of hydrogen-bond acceptors (Lipinski definition) is 4. The van der Waals surface area contributed by atoms with Gasteiger partial charge in [-0.05, 0) is 56.8 Å². The number of pyridine rings is 1. The lowest BCUT2D eigenvalue weighted by molar-refractivity contribution is 0.182. The molecule has 0 bridgehead atoms. The number of aromatic amines is 1. The number of nitrogens with one attached hydrogen (secondary N) is 1. The van der Waals surface area contributed by atoms with Crippen molar-refractivity contribution >= 4 is 0 Å². The molecule has 0 aromatic carbocycles. The molecule has 2 fully saturated rings. The number of rotatable bonds is 5. The van der Waals surface area contributed by atoms with Gasteiger partial charge < -0.3 is 4.90 Å². The van der Waals surface area contributed by atoms with Crippen molar-refractivity contribution in [3.05, 3.63) is 40.2 Å². The second-order valence-corrected chi connectivity index (χ2v) is 8.35. The van der Waals surface area contributed by atoms with Gasteiger partial charge >= 0.3 is 5.69 Å². The molecule has 27 heavy (non-hydrogen) atoms. The molecular weight excluding hydrogens is 338 g/mol. The molecule has 2 aromatic heterocycles. The summed E-state index contributed by atoms with van der Waals surface area (Å²) in [5.41, 5.74) is 0.879. The van der Waals surface area contributed by atoms with Gasteiger partial charge in [-0.25, -0.2) is 9.78 Å². The van der Waals surface area contributed by atoms with Crippen molar-refractivity contribution < 1.29 is 0 Å². The number of hydrogen-bond donors (Lipinski definition) is 1. The van der Waals surface area contributed by atoms with Crippen LogP contribution in [0.2, 0.25) is 0 Å². The van der Waals surface area contributed by atoms with Crippen LogP contribution in [-0.4, -0.2) is 44.3 Å². The van der Waals surface area contributed by atoms with Crippen molar-refractivity contribution in [3.63, 3.8) is 0 Å². The van der Waals surface area contributed by atoms with Crippen LogP contribution >= 0.6 is 0 Å². The molecule has 1 saturated heterocycles. The van der Waals surface area contributed by atoms with Gasteiger partial charge in [-0.2, -0.15) is 4.68 Å². The van der Waals surface area contributed by atoms with E-state index in [-0.39, 0.29) is 5.69 Å². The summed E-state index contributed by atoms with van der Waals surface area (Å²) in [4.78, 5) is 22.3. The SMILES string of the molecule is Cc1ccc(-n2nc([C@H]3CCCN(CCC4CCCCC4)C3)[nH]c2=O)nc1. The van der Waals surface area contributed by atoms with E-state index < -0.39 is 0 Å². The first-order valence-corrected chi connectivity index (χ1v) is 10.5. The van der Waals surface area contributed by atoms with Crippen molar-refractivity contribution in [1.29, 1.82) is 0 Å². The summed E-state index contributed by atoms with van der Waals surface area (Å²) in [6.45, 7) is 5.35. The Morgan fingerprint density at radius 1 is 1.15 bits per heavy atom. The first kappa shape index (κ1) is 18.4. The summed E-state index contributed by atoms with van der Waals surface area (Å²) < 4.78 is 1.40. The van der Waals surface area contributed by atoms with Gasteiger partial charge in [-0.3, -0.25) is 4.98 Å². The fourth-order valence-corrected chi connectivity index (χ4v) is 4.59. The zero-order chi connectivity index (χ0) is 18.6. The fourth-order valence-electron chi connectivity index (χ4n) is 4.59. The Kier molecular flexibility index (Phi) is 5.72. The second kappa shape index (κ2) is 8.38. The van der Waals surface area contributed by atoms with E-state index in [1.807, 2.05) is 19.1 Å². The molecule has 1 aliphatic heterocycles. The molecule has 0 unspecified atom stereocenters. The Morgan fingerprint density at radius 3 is 2.78 bits per heavy atom. The van der Waals surface area contributed by atoms with Crippen LogP contribution in [0.5, 0.6) is 0 Å². The van der Waals surface area contributed by atoms with E-state index in [1.165, 1.54) is 62.7 Å². The third-order valence-corrected chi connectivity index (χ3v) is 6.22. The molecule has 4 rings (SSSR count). The van der Waals surface area contributed by atoms with E-state index in [0.29, 0.717) is 11.7 Å². The molecular formula is C21H31N5O. The predicted molar refractivity (Wildman–Crippen MR) is 106 cm³/mol. The van der Waals surface area contributed by atoms with Gasteiger partial charge in [0.15, 0.2) is 5.82 Å². The lowest BCUT2D eigenvalue weighted by Gasteiger charge is -2.33. The van der Waals surface area contributed by atoms with E-state index in [4.69, 9.17) is 0 Å². The fraction of sp³-hybridized carbons (Fsp3) is 0.667. The third kappa shape index (κ3) is 4.49. The minimum absolute atomic E-state index is 0.194. The molecule has 1 N–H and O–H groups in total. The van der Waals surface area contributed by atoms with E-state index >= 15 is 0 Å². The van der Waals surface area contributed by atoms with Crippen molar-refractivity contribution in [2.24, 2.45) is 5.92 Å². The number of aryl methyl sites for hydroxylation is 1. The van der Waals surface area contributed by atoms with Crippen molar-refractivity contribution in [3.8, 4) is 5.82 Å². The maximum Gasteiger partial charge on any atom is 0.349 e. The van der Waals surface area contributed by atoms with Crippen LogP contribution < -0.4 is 5.69 Å². The molecule has 2 aromatic rings. The third-order valence-electron chi connectivity index (χ3n) is 6.22. The van der Waals surface area contributed by atoms with Gasteiger partial charge in [0.2, 0.25) is 0 Å². The first-order valence-electron chi connectivity index (χ1n) is 10.5. The molecule has 1 aliphatic carbocycles. The minimum Gasteiger partial charge on any atom is -0.303 e. The molecule has 6 heteroatoms. The highest BCUT2D eigenvalue weighted by molar-refractivity contribution is 5.23. The molecule has 146 valence electrons. The van der Waals surface area contributed by atoms with Gasteiger partial charge in [0, 0.05) is 18.7 Å². The number of aromatic nitrogens is 4. The maximum atomic E-state index is 12.4. The largest absolute Gasteiger partial charge is 0.349 e. The summed E-state index contributed by atoms with van der Waals surface area (Å²) in [7, 11) is 0. The molecule has 1 atom stereocenters. The average molecular weight is 370 g/mol. The van der Waals surface area contributed by atoms with Crippen molar-refractivity contribution in [1.82, 2.24) is 24.6 Å². The molecule has 1 saturated carbocycles. The summed E-state index contributed by atoms with van der Waals surface area (Å²) in [6, 6.07) is 3.80. The van der Waals surface area contributed by atoms with Crippen LogP contribution in [0.4, 0.5) is 0 Å². The second-order valence-electron chi connectivity index (χ2n) is 8.35. The zero-order valence-corrected chi connectivity index (χ0v) is 16.4. The summed E-state index contributed by atoms with van der Waals surface area (Å²) in [5, 5.41) is 4.58. The van der Waals surface area contributed by atoms with Crippen LogP contribution in [0, 0.1) is 12.8 Å². The van der Waals surface area contributed by atoms with E-state index in [0.717, 1.165) is 30.3 Å². The van der Waals surface area contributed by atoms with Crippen molar-refractivity contribution in [2.45, 2.75) is 64.2 Å². The number of H-pyrrole nitrogens is 1. The standard InChI is InChI=1S/C21H31N5O/c1-16-9-10-19(22-14-16)26-21(27)23-20(24-26)18-8-5-12-25(15-18)13-11-17-6-3-2-4-7-17/h9-10,14,17-18H,2-8,11-13,15H2,1H3,(H,23,24,27)/t18-/m0/s1. The quantitative estimate of drug-likeness (QED) is 0.877. The first-order chi connectivity index (χ1) is 13.2. The topological polar surface area (TPSA) is 66.8 Å². The summed E-state index contributed by atoms with van der Waals surface area (Å²) >= 11 is 0. The van der Waals surface area contributed by atoms with Crippen LogP contribution in [0.25, 0.3) is 5.82 Å². The average Bonchev–Trinajstić information content (AvgIpc) is 3.10. The molecule has 0 amide bonds. The molecule has 0 radical (unpaired) electrons. The minimum atomic E-state index is -0.194. The van der Waals surface area contributed by atoms with Crippen molar-refractivity contribution in [2.75, 3.05) is 19.6 Å². The Balaban J connectivity index is 1.40. The van der Waals surface area contributed by atoms with Gasteiger partial charge in [0.1, 0.15) is 5.82 Å². The Bertz CT molecular complexity index is 788. The highest BCUT2D eigenvalue weighted by Crippen LogP contribution is 2.28. The van der Waals surface area contributed by atoms with E-state index in [2.05, 4.69) is 20.0 Å². The van der Waals surface area contributed by atoms with Crippen LogP contribution in [0.1, 0.15) is 68.7 Å². The zero-order valence-electron chi connectivity index (χ0n) is 16.4. The number of likely N-dealkylation sites (tertiary alicyclic amines) is 1. The van der Waals surface area contributed by atoms with E-state index in [9.17, 15) is 4.79 Å². The Labute approximate surface area is 161 Å². The van der Waals surface area contributed by atoms with Crippen LogP contribution in [-0.2, 0) is 0 Å². The lowest BCUT2D eigenvalue weighted by atomic mass is 9.86. The van der Waals surface area contributed by atoms with Crippen LogP contribution in [0.15, 0.2) is 23.1 Å². The highest BCUT2D eigenvalue weighted by atomic mass is 16.2. The summed E-state index contributed by atoms with van der Waals surface area (Å²) in [6.07, 6.45) is 12.4. The van der Waals surface area contributed by atoms with Crippen LogP contribution in [0.3, 0.4) is 0 Å². The smallest absolute Gasteiger partial charge is 0.303 e. The normalized spacial score (nSPS) is 22.2. The molecule has 3 heterocycles. The molecule has 2 aliphatic rings. The maximum absolute atomic E-state index is 12.4. The van der Waals surface area contributed by atoms with Gasteiger partial charge in [-0.1, -0.05) is 38.2 Å². The predicted octanol–water partition coefficient (Wildman–Crippen LogP) is 3.41. The Hall–Kier alpha value is -1.95. The molecule has 0 spiro atoms.